The lowest BCUT2D eigenvalue weighted by Gasteiger charge is -2.21. The Morgan fingerprint density at radius 3 is 2.39 bits per heavy atom. The van der Waals surface area contributed by atoms with Crippen molar-refractivity contribution in [2.75, 3.05) is 7.05 Å². The molecule has 0 heterocycles. The van der Waals surface area contributed by atoms with Crippen molar-refractivity contribution in [3.63, 3.8) is 0 Å². The van der Waals surface area contributed by atoms with Crippen molar-refractivity contribution in [3.05, 3.63) is 71.3 Å². The predicted octanol–water partition coefficient (Wildman–Crippen LogP) is 3.29. The second-order valence-electron chi connectivity index (χ2n) is 5.84. The van der Waals surface area contributed by atoms with Gasteiger partial charge in [-0.3, -0.25) is 9.00 Å². The average molecular weight is 329 g/mol. The van der Waals surface area contributed by atoms with E-state index in [2.05, 4.69) is 0 Å². The minimum Gasteiger partial charge on any atom is -0.340 e. The van der Waals surface area contributed by atoms with Crippen LogP contribution in [0.4, 0.5) is 0 Å². The van der Waals surface area contributed by atoms with Gasteiger partial charge in [0.1, 0.15) is 5.25 Å². The van der Waals surface area contributed by atoms with Gasteiger partial charge in [-0.25, -0.2) is 0 Å². The number of benzene rings is 2. The molecule has 0 aliphatic carbocycles. The first-order valence-corrected chi connectivity index (χ1v) is 9.07. The number of nitrogens with zero attached hydrogens (tertiary/aromatic N) is 1. The maximum atomic E-state index is 12.5. The standard InChI is InChI=1S/C19H23NO2S/c1-15-8-7-11-18(12-15)14-23(22)16(2)19(21)20(3)13-17-9-5-4-6-10-17/h4-12,16H,13-14H2,1-3H3. The first-order valence-electron chi connectivity index (χ1n) is 7.69. The van der Waals surface area contributed by atoms with Crippen molar-refractivity contribution < 1.29 is 9.00 Å². The summed E-state index contributed by atoms with van der Waals surface area (Å²) in [6.45, 7) is 4.29. The lowest BCUT2D eigenvalue weighted by Crippen LogP contribution is -2.37. The van der Waals surface area contributed by atoms with E-state index in [0.29, 0.717) is 12.3 Å². The Kier molecular flexibility index (Phi) is 6.11. The van der Waals surface area contributed by atoms with Crippen LogP contribution in [0.1, 0.15) is 23.6 Å². The topological polar surface area (TPSA) is 37.4 Å². The van der Waals surface area contributed by atoms with Crippen LogP contribution in [0.25, 0.3) is 0 Å². The molecule has 0 fully saturated rings. The second kappa shape index (κ2) is 8.06. The van der Waals surface area contributed by atoms with E-state index in [1.807, 2.05) is 61.5 Å². The highest BCUT2D eigenvalue weighted by molar-refractivity contribution is 7.85. The first kappa shape index (κ1) is 17.4. The smallest absolute Gasteiger partial charge is 0.238 e. The molecule has 2 aromatic rings. The highest BCUT2D eigenvalue weighted by Gasteiger charge is 2.23. The highest BCUT2D eigenvalue weighted by Crippen LogP contribution is 2.12. The Bertz CT molecular complexity index is 685. The van der Waals surface area contributed by atoms with E-state index in [0.717, 1.165) is 16.7 Å². The third-order valence-corrected chi connectivity index (χ3v) is 5.38. The Labute approximate surface area is 140 Å². The molecule has 2 aromatic carbocycles. The van der Waals surface area contributed by atoms with Crippen molar-refractivity contribution in [2.45, 2.75) is 31.4 Å². The van der Waals surface area contributed by atoms with E-state index < -0.39 is 16.0 Å². The quantitative estimate of drug-likeness (QED) is 0.815. The first-order chi connectivity index (χ1) is 11.0. The van der Waals surface area contributed by atoms with E-state index in [-0.39, 0.29) is 5.91 Å². The molecule has 0 N–H and O–H groups in total. The summed E-state index contributed by atoms with van der Waals surface area (Å²) in [5.41, 5.74) is 3.22. The molecule has 2 rings (SSSR count). The third kappa shape index (κ3) is 5.03. The van der Waals surface area contributed by atoms with Crippen LogP contribution in [-0.4, -0.2) is 27.3 Å². The van der Waals surface area contributed by atoms with E-state index >= 15 is 0 Å². The van der Waals surface area contributed by atoms with E-state index in [9.17, 15) is 9.00 Å². The van der Waals surface area contributed by atoms with Gasteiger partial charge >= 0.3 is 0 Å². The Balaban J connectivity index is 1.96. The van der Waals surface area contributed by atoms with Gasteiger partial charge in [-0.2, -0.15) is 0 Å². The lowest BCUT2D eigenvalue weighted by molar-refractivity contribution is -0.129. The summed E-state index contributed by atoms with van der Waals surface area (Å²) in [5.74, 6) is 0.327. The molecule has 4 heteroatoms. The van der Waals surface area contributed by atoms with Crippen molar-refractivity contribution in [2.24, 2.45) is 0 Å². The minimum atomic E-state index is -1.22. The van der Waals surface area contributed by atoms with Gasteiger partial charge in [0.15, 0.2) is 0 Å². The number of aryl methyl sites for hydroxylation is 1. The molecule has 3 nitrogen and oxygen atoms in total. The maximum absolute atomic E-state index is 12.5. The molecule has 0 bridgehead atoms. The molecule has 0 spiro atoms. The van der Waals surface area contributed by atoms with Crippen LogP contribution < -0.4 is 0 Å². The Morgan fingerprint density at radius 1 is 1.09 bits per heavy atom. The van der Waals surface area contributed by atoms with Gasteiger partial charge in [0.2, 0.25) is 5.91 Å². The summed E-state index contributed by atoms with van der Waals surface area (Å²) in [7, 11) is 0.536. The van der Waals surface area contributed by atoms with Crippen LogP contribution in [0.15, 0.2) is 54.6 Å². The fourth-order valence-corrected chi connectivity index (χ4v) is 3.61. The molecule has 2 atom stereocenters. The fraction of sp³-hybridized carbons (Fsp3) is 0.316. The summed E-state index contributed by atoms with van der Waals surface area (Å²) in [4.78, 5) is 14.1. The summed E-state index contributed by atoms with van der Waals surface area (Å²) >= 11 is 0. The zero-order valence-electron chi connectivity index (χ0n) is 13.9. The highest BCUT2D eigenvalue weighted by atomic mass is 32.2. The van der Waals surface area contributed by atoms with Gasteiger partial charge in [0.05, 0.1) is 0 Å². The molecular formula is C19H23NO2S. The minimum absolute atomic E-state index is 0.0835. The molecule has 0 saturated carbocycles. The van der Waals surface area contributed by atoms with Crippen LogP contribution in [0.5, 0.6) is 0 Å². The molecule has 23 heavy (non-hydrogen) atoms. The summed E-state index contributed by atoms with van der Waals surface area (Å²) in [6.07, 6.45) is 0. The zero-order valence-corrected chi connectivity index (χ0v) is 14.7. The monoisotopic (exact) mass is 329 g/mol. The number of hydrogen-bond acceptors (Lipinski definition) is 2. The number of amides is 1. The third-order valence-electron chi connectivity index (χ3n) is 3.77. The normalized spacial score (nSPS) is 13.3. The molecule has 0 aliphatic rings. The number of rotatable bonds is 6. The van der Waals surface area contributed by atoms with Crippen molar-refractivity contribution >= 4 is 16.7 Å². The molecule has 0 radical (unpaired) electrons. The molecule has 0 aliphatic heterocycles. The summed E-state index contributed by atoms with van der Waals surface area (Å²) in [6, 6.07) is 17.8. The maximum Gasteiger partial charge on any atom is 0.238 e. The fourth-order valence-electron chi connectivity index (χ4n) is 2.45. The van der Waals surface area contributed by atoms with Crippen LogP contribution in [-0.2, 0) is 27.9 Å². The van der Waals surface area contributed by atoms with E-state index in [1.165, 1.54) is 0 Å². The zero-order chi connectivity index (χ0) is 16.8. The van der Waals surface area contributed by atoms with Gasteiger partial charge in [0, 0.05) is 30.1 Å². The molecule has 1 amide bonds. The molecular weight excluding hydrogens is 306 g/mol. The summed E-state index contributed by atoms with van der Waals surface area (Å²) in [5, 5.41) is -0.510. The second-order valence-corrected chi connectivity index (χ2v) is 7.59. The summed E-state index contributed by atoms with van der Waals surface area (Å²) < 4.78 is 12.5. The Hall–Kier alpha value is -1.94. The SMILES string of the molecule is Cc1cccc(CS(=O)C(C)C(=O)N(C)Cc2ccccc2)c1. The van der Waals surface area contributed by atoms with Crippen molar-refractivity contribution in [3.8, 4) is 0 Å². The van der Waals surface area contributed by atoms with E-state index in [4.69, 9.17) is 0 Å². The number of hydrogen-bond donors (Lipinski definition) is 0. The molecule has 0 aromatic heterocycles. The van der Waals surface area contributed by atoms with Crippen molar-refractivity contribution in [1.29, 1.82) is 0 Å². The van der Waals surface area contributed by atoms with Crippen molar-refractivity contribution in [1.82, 2.24) is 4.90 Å². The van der Waals surface area contributed by atoms with Gasteiger partial charge in [0.25, 0.3) is 0 Å². The lowest BCUT2D eigenvalue weighted by atomic mass is 10.2. The molecule has 2 unspecified atom stereocenters. The number of carbonyl (C=O) groups excluding carboxylic acids is 1. The van der Waals surface area contributed by atoms with Gasteiger partial charge < -0.3 is 4.90 Å². The van der Waals surface area contributed by atoms with Gasteiger partial charge in [-0.05, 0) is 25.0 Å². The number of carbonyl (C=O) groups is 1. The largest absolute Gasteiger partial charge is 0.340 e. The van der Waals surface area contributed by atoms with Crippen LogP contribution in [0.2, 0.25) is 0 Å². The van der Waals surface area contributed by atoms with Gasteiger partial charge in [-0.15, -0.1) is 0 Å². The molecule has 122 valence electrons. The average Bonchev–Trinajstić information content (AvgIpc) is 2.54. The molecule has 0 saturated heterocycles. The van der Waals surface area contributed by atoms with Crippen LogP contribution >= 0.6 is 0 Å². The Morgan fingerprint density at radius 2 is 1.74 bits per heavy atom. The van der Waals surface area contributed by atoms with Crippen LogP contribution in [0, 0.1) is 6.92 Å². The van der Waals surface area contributed by atoms with Crippen LogP contribution in [0.3, 0.4) is 0 Å². The predicted molar refractivity (Wildman–Crippen MR) is 95.4 cm³/mol. The van der Waals surface area contributed by atoms with Gasteiger partial charge in [-0.1, -0.05) is 60.2 Å². The van der Waals surface area contributed by atoms with E-state index in [1.54, 1.807) is 18.9 Å².